The molecule has 0 unspecified atom stereocenters. The lowest BCUT2D eigenvalue weighted by atomic mass is 10.0. The number of anilines is 1. The van der Waals surface area contributed by atoms with Gasteiger partial charge in [0.25, 0.3) is 5.56 Å². The molecule has 166 valence electrons. The zero-order valence-electron chi connectivity index (χ0n) is 16.9. The first-order chi connectivity index (χ1) is 15.2. The zero-order valence-corrected chi connectivity index (χ0v) is 17.7. The standard InChI is InChI=1S/C21H17F2N3O5S/c1-3-32(28,29)25-13-5-7-18(30-19-6-4-12(22)8-17(19)23)14(9-13)16-11-26(2)21(27)20-15(16)10-24-31-20/h4-11,25H,3H2,1-2H3. The summed E-state index contributed by atoms with van der Waals surface area (Å²) in [5.74, 6) is -1.92. The van der Waals surface area contributed by atoms with Gasteiger partial charge in [-0.1, -0.05) is 5.16 Å². The van der Waals surface area contributed by atoms with Gasteiger partial charge in [0.05, 0.1) is 17.3 Å². The minimum absolute atomic E-state index is 0.0107. The molecule has 2 aromatic heterocycles. The highest BCUT2D eigenvalue weighted by atomic mass is 32.2. The molecule has 0 saturated carbocycles. The summed E-state index contributed by atoms with van der Waals surface area (Å²) in [5, 5.41) is 4.03. The van der Waals surface area contributed by atoms with Crippen LogP contribution in [0, 0.1) is 11.6 Å². The van der Waals surface area contributed by atoms with Crippen LogP contribution in [0.4, 0.5) is 14.5 Å². The molecule has 0 bridgehead atoms. The summed E-state index contributed by atoms with van der Waals surface area (Å²) in [6, 6.07) is 7.24. The Bertz CT molecular complexity index is 1500. The first-order valence-corrected chi connectivity index (χ1v) is 11.1. The highest BCUT2D eigenvalue weighted by molar-refractivity contribution is 7.92. The second kappa shape index (κ2) is 8.08. The molecule has 8 nitrogen and oxygen atoms in total. The number of sulfonamides is 1. The van der Waals surface area contributed by atoms with E-state index in [1.165, 1.54) is 49.1 Å². The second-order valence-corrected chi connectivity index (χ2v) is 8.93. The molecule has 0 saturated heterocycles. The number of aryl methyl sites for hydroxylation is 1. The van der Waals surface area contributed by atoms with Crippen LogP contribution in [-0.2, 0) is 17.1 Å². The maximum absolute atomic E-state index is 14.2. The molecule has 4 rings (SSSR count). The Labute approximate surface area is 181 Å². The molecule has 0 aliphatic carbocycles. The first-order valence-electron chi connectivity index (χ1n) is 9.40. The van der Waals surface area contributed by atoms with Crippen molar-refractivity contribution in [1.29, 1.82) is 0 Å². The predicted molar refractivity (Wildman–Crippen MR) is 114 cm³/mol. The van der Waals surface area contributed by atoms with Gasteiger partial charge in [0, 0.05) is 36.1 Å². The number of fused-ring (bicyclic) bond motifs is 1. The Morgan fingerprint density at radius 1 is 1.12 bits per heavy atom. The summed E-state index contributed by atoms with van der Waals surface area (Å²) < 4.78 is 66.1. The molecule has 0 aliphatic heterocycles. The molecule has 32 heavy (non-hydrogen) atoms. The predicted octanol–water partition coefficient (Wildman–Crippen LogP) is 4.03. The fourth-order valence-electron chi connectivity index (χ4n) is 3.10. The van der Waals surface area contributed by atoms with Gasteiger partial charge in [-0.25, -0.2) is 17.2 Å². The van der Waals surface area contributed by atoms with Crippen LogP contribution in [0.5, 0.6) is 11.5 Å². The van der Waals surface area contributed by atoms with E-state index in [9.17, 15) is 22.0 Å². The number of nitrogens with zero attached hydrogens (tertiary/aromatic N) is 2. The smallest absolute Gasteiger partial charge is 0.296 e. The van der Waals surface area contributed by atoms with Gasteiger partial charge in [0.1, 0.15) is 11.6 Å². The lowest BCUT2D eigenvalue weighted by Gasteiger charge is -2.15. The molecule has 0 radical (unpaired) electrons. The Morgan fingerprint density at radius 2 is 1.88 bits per heavy atom. The molecule has 2 heterocycles. The second-order valence-electron chi connectivity index (χ2n) is 6.92. The Balaban J connectivity index is 1.93. The van der Waals surface area contributed by atoms with Gasteiger partial charge < -0.3 is 13.8 Å². The van der Waals surface area contributed by atoms with Crippen LogP contribution >= 0.6 is 0 Å². The molecule has 0 fully saturated rings. The van der Waals surface area contributed by atoms with Gasteiger partial charge in [0.2, 0.25) is 15.6 Å². The van der Waals surface area contributed by atoms with Crippen molar-refractivity contribution in [1.82, 2.24) is 9.72 Å². The fraction of sp³-hybridized carbons (Fsp3) is 0.143. The fourth-order valence-corrected chi connectivity index (χ4v) is 3.73. The van der Waals surface area contributed by atoms with Gasteiger partial charge in [-0.15, -0.1) is 0 Å². The van der Waals surface area contributed by atoms with E-state index in [2.05, 4.69) is 9.88 Å². The summed E-state index contributed by atoms with van der Waals surface area (Å²) in [5.41, 5.74) is 0.555. The molecule has 4 aromatic rings. The third kappa shape index (κ3) is 4.06. The van der Waals surface area contributed by atoms with Gasteiger partial charge in [-0.05, 0) is 37.3 Å². The average molecular weight is 461 g/mol. The Hall–Kier alpha value is -3.73. The van der Waals surface area contributed by atoms with Gasteiger partial charge in [-0.3, -0.25) is 9.52 Å². The topological polar surface area (TPSA) is 103 Å². The van der Waals surface area contributed by atoms with Crippen molar-refractivity contribution >= 4 is 26.7 Å². The number of rotatable bonds is 6. The molecule has 1 N–H and O–H groups in total. The summed E-state index contributed by atoms with van der Waals surface area (Å²) in [4.78, 5) is 12.3. The van der Waals surface area contributed by atoms with Crippen molar-refractivity contribution < 1.29 is 26.5 Å². The minimum atomic E-state index is -3.58. The van der Waals surface area contributed by atoms with Crippen LogP contribution in [0.2, 0.25) is 0 Å². The van der Waals surface area contributed by atoms with E-state index in [1.54, 1.807) is 0 Å². The Morgan fingerprint density at radius 3 is 2.59 bits per heavy atom. The summed E-state index contributed by atoms with van der Waals surface area (Å²) >= 11 is 0. The molecule has 0 atom stereocenters. The van der Waals surface area contributed by atoms with Crippen LogP contribution in [0.3, 0.4) is 0 Å². The highest BCUT2D eigenvalue weighted by Gasteiger charge is 2.19. The lowest BCUT2D eigenvalue weighted by Crippen LogP contribution is -2.16. The van der Waals surface area contributed by atoms with Crippen molar-refractivity contribution in [2.24, 2.45) is 7.05 Å². The number of aromatic nitrogens is 2. The number of halogens is 2. The van der Waals surface area contributed by atoms with Crippen molar-refractivity contribution in [2.45, 2.75) is 6.92 Å². The lowest BCUT2D eigenvalue weighted by molar-refractivity contribution is 0.439. The monoisotopic (exact) mass is 461 g/mol. The maximum atomic E-state index is 14.2. The van der Waals surface area contributed by atoms with Crippen LogP contribution < -0.4 is 15.0 Å². The number of benzene rings is 2. The van der Waals surface area contributed by atoms with Crippen molar-refractivity contribution in [3.05, 3.63) is 70.8 Å². The van der Waals surface area contributed by atoms with E-state index in [0.29, 0.717) is 22.6 Å². The average Bonchev–Trinajstić information content (AvgIpc) is 3.24. The third-order valence-corrected chi connectivity index (χ3v) is 6.04. The van der Waals surface area contributed by atoms with Crippen LogP contribution in [0.25, 0.3) is 22.1 Å². The molecule has 11 heteroatoms. The van der Waals surface area contributed by atoms with Gasteiger partial charge in [-0.2, -0.15) is 0 Å². The largest absolute Gasteiger partial charge is 0.454 e. The molecule has 0 spiro atoms. The third-order valence-electron chi connectivity index (χ3n) is 4.73. The van der Waals surface area contributed by atoms with Crippen LogP contribution in [0.15, 0.2) is 58.1 Å². The normalized spacial score (nSPS) is 11.6. The van der Waals surface area contributed by atoms with Crippen molar-refractivity contribution in [2.75, 3.05) is 10.5 Å². The van der Waals surface area contributed by atoms with E-state index < -0.39 is 27.2 Å². The summed E-state index contributed by atoms with van der Waals surface area (Å²) in [7, 11) is -2.07. The van der Waals surface area contributed by atoms with Crippen LogP contribution in [0.1, 0.15) is 6.92 Å². The van der Waals surface area contributed by atoms with Crippen molar-refractivity contribution in [3.8, 4) is 22.6 Å². The Kier molecular flexibility index (Phi) is 5.43. The number of hydrogen-bond acceptors (Lipinski definition) is 6. The van der Waals surface area contributed by atoms with E-state index >= 15 is 0 Å². The van der Waals surface area contributed by atoms with Gasteiger partial charge >= 0.3 is 0 Å². The first kappa shape index (κ1) is 21.5. The number of nitrogens with one attached hydrogen (secondary N) is 1. The number of hydrogen-bond donors (Lipinski definition) is 1. The van der Waals surface area contributed by atoms with E-state index in [1.807, 2.05) is 0 Å². The van der Waals surface area contributed by atoms with E-state index in [4.69, 9.17) is 9.26 Å². The SMILES string of the molecule is CCS(=O)(=O)Nc1ccc(Oc2ccc(F)cc2F)c(-c2cn(C)c(=O)c3oncc23)c1. The molecule has 2 aromatic carbocycles. The van der Waals surface area contributed by atoms with Crippen LogP contribution in [-0.4, -0.2) is 23.9 Å². The number of pyridine rings is 1. The molecular weight excluding hydrogens is 444 g/mol. The van der Waals surface area contributed by atoms with E-state index in [-0.39, 0.29) is 28.5 Å². The summed E-state index contributed by atoms with van der Waals surface area (Å²) in [6.45, 7) is 1.49. The maximum Gasteiger partial charge on any atom is 0.296 e. The minimum Gasteiger partial charge on any atom is -0.454 e. The van der Waals surface area contributed by atoms with E-state index in [0.717, 1.165) is 12.1 Å². The highest BCUT2D eigenvalue weighted by Crippen LogP contribution is 2.39. The van der Waals surface area contributed by atoms with Gasteiger partial charge in [0.15, 0.2) is 11.6 Å². The number of ether oxygens (including phenoxy) is 1. The zero-order chi connectivity index (χ0) is 23.0. The quantitative estimate of drug-likeness (QED) is 0.465. The van der Waals surface area contributed by atoms with Crippen molar-refractivity contribution in [3.63, 3.8) is 0 Å². The molecular formula is C21H17F2N3O5S. The molecule has 0 aliphatic rings. The molecule has 0 amide bonds. The summed E-state index contributed by atoms with van der Waals surface area (Å²) in [6.07, 6.45) is 2.85.